The van der Waals surface area contributed by atoms with Crippen molar-refractivity contribution in [1.82, 2.24) is 25.5 Å². The molecule has 4 fully saturated rings. The third kappa shape index (κ3) is 7.91. The zero-order valence-corrected chi connectivity index (χ0v) is 29.6. The van der Waals surface area contributed by atoms with Crippen molar-refractivity contribution in [2.75, 3.05) is 32.7 Å². The molecular formula is C41H49N5O6. The number of aliphatic hydroxyl groups is 1. The van der Waals surface area contributed by atoms with E-state index in [0.29, 0.717) is 41.2 Å². The molecule has 274 valence electrons. The molecule has 2 atom stereocenters. The molecule has 1 amide bonds. The number of piperidine rings is 3. The Balaban J connectivity index is 0.878. The number of esters is 1. The van der Waals surface area contributed by atoms with Crippen LogP contribution in [0.2, 0.25) is 0 Å². The van der Waals surface area contributed by atoms with Crippen molar-refractivity contribution in [3.63, 3.8) is 0 Å². The number of phenols is 1. The van der Waals surface area contributed by atoms with Gasteiger partial charge in [0.1, 0.15) is 11.9 Å². The van der Waals surface area contributed by atoms with Crippen molar-refractivity contribution in [1.29, 1.82) is 0 Å². The number of hydrogen-bond acceptors (Lipinski definition) is 9. The number of aliphatic hydroxyl groups excluding tert-OH is 1. The Hall–Kier alpha value is -4.58. The average molecular weight is 708 g/mol. The quantitative estimate of drug-likeness (QED) is 0.0986. The molecule has 5 N–H and O–H groups in total. The number of H-pyrrole nitrogens is 1. The molecule has 2 aromatic heterocycles. The van der Waals surface area contributed by atoms with Crippen molar-refractivity contribution >= 4 is 22.8 Å². The lowest BCUT2D eigenvalue weighted by molar-refractivity contribution is -0.167. The first-order valence-corrected chi connectivity index (χ1v) is 18.8. The highest BCUT2D eigenvalue weighted by Gasteiger charge is 2.46. The third-order valence-corrected chi connectivity index (χ3v) is 11.4. The molecule has 5 heterocycles. The number of aromatic hydroxyl groups is 1. The Morgan fingerprint density at radius 2 is 1.87 bits per heavy atom. The minimum absolute atomic E-state index is 0.0113. The predicted octanol–water partition coefficient (Wildman–Crippen LogP) is 4.65. The zero-order chi connectivity index (χ0) is 36.1. The SMILES string of the molecule is O=C(NCCCc1cccc(C2(C(=O)O[C@H]3CN4CCC3CC4)CCCCC2)c1)c1ccc(CNC[C@H](O)c2ccc(O)c3[nH]c(=O)ccc23)nc1. The fraction of sp³-hybridized carbons (Fsp3) is 0.463. The topological polar surface area (TPSA) is 157 Å². The molecular weight excluding hydrogens is 658 g/mol. The largest absolute Gasteiger partial charge is 0.506 e. The molecule has 11 nitrogen and oxygen atoms in total. The summed E-state index contributed by atoms with van der Waals surface area (Å²) in [6, 6.07) is 18.0. The molecule has 4 aliphatic rings. The second kappa shape index (κ2) is 16.0. The summed E-state index contributed by atoms with van der Waals surface area (Å²) in [4.78, 5) is 48.0. The van der Waals surface area contributed by atoms with Gasteiger partial charge in [0.05, 0.1) is 28.3 Å². The van der Waals surface area contributed by atoms with Gasteiger partial charge in [-0.25, -0.2) is 0 Å². The van der Waals surface area contributed by atoms with Crippen LogP contribution in [0.3, 0.4) is 0 Å². The number of carbonyl (C=O) groups excluding carboxylic acids is 2. The van der Waals surface area contributed by atoms with Crippen LogP contribution in [-0.4, -0.2) is 75.8 Å². The van der Waals surface area contributed by atoms with E-state index in [1.807, 2.05) is 0 Å². The number of aryl methyl sites for hydroxylation is 1. The lowest BCUT2D eigenvalue weighted by atomic mass is 9.69. The van der Waals surface area contributed by atoms with Gasteiger partial charge in [0.15, 0.2) is 0 Å². The highest BCUT2D eigenvalue weighted by atomic mass is 16.5. The van der Waals surface area contributed by atoms with Gasteiger partial charge in [-0.1, -0.05) is 49.6 Å². The van der Waals surface area contributed by atoms with Gasteiger partial charge in [-0.15, -0.1) is 0 Å². The number of hydrogen-bond donors (Lipinski definition) is 5. The van der Waals surface area contributed by atoms with Crippen LogP contribution in [0.15, 0.2) is 71.7 Å². The Labute approximate surface area is 303 Å². The van der Waals surface area contributed by atoms with Crippen LogP contribution in [-0.2, 0) is 27.9 Å². The summed E-state index contributed by atoms with van der Waals surface area (Å²) in [5.74, 6) is 0.205. The smallest absolute Gasteiger partial charge is 0.316 e. The van der Waals surface area contributed by atoms with Crippen molar-refractivity contribution in [2.45, 2.75) is 82.0 Å². The van der Waals surface area contributed by atoms with E-state index in [2.05, 4.69) is 49.8 Å². The molecule has 1 aliphatic carbocycles. The Morgan fingerprint density at radius 1 is 1.04 bits per heavy atom. The maximum absolute atomic E-state index is 13.9. The Bertz CT molecular complexity index is 1930. The Morgan fingerprint density at radius 3 is 2.62 bits per heavy atom. The number of pyridine rings is 2. The number of carbonyl (C=O) groups is 2. The summed E-state index contributed by atoms with van der Waals surface area (Å²) in [6.45, 7) is 4.22. The van der Waals surface area contributed by atoms with E-state index >= 15 is 0 Å². The first kappa shape index (κ1) is 35.8. The van der Waals surface area contributed by atoms with E-state index in [1.54, 1.807) is 30.5 Å². The van der Waals surface area contributed by atoms with Crippen LogP contribution in [0.4, 0.5) is 0 Å². The van der Waals surface area contributed by atoms with Gasteiger partial charge in [0.25, 0.3) is 5.91 Å². The van der Waals surface area contributed by atoms with Gasteiger partial charge in [-0.3, -0.25) is 24.3 Å². The van der Waals surface area contributed by atoms with Crippen LogP contribution < -0.4 is 16.2 Å². The van der Waals surface area contributed by atoms with E-state index in [4.69, 9.17) is 4.74 Å². The van der Waals surface area contributed by atoms with Gasteiger partial charge in [0.2, 0.25) is 5.56 Å². The number of benzene rings is 2. The number of rotatable bonds is 13. The van der Waals surface area contributed by atoms with Crippen LogP contribution in [0.25, 0.3) is 10.9 Å². The van der Waals surface area contributed by atoms with Crippen LogP contribution >= 0.6 is 0 Å². The minimum atomic E-state index is -0.883. The molecule has 3 aliphatic heterocycles. The number of ether oxygens (including phenoxy) is 1. The van der Waals surface area contributed by atoms with Crippen LogP contribution in [0, 0.1) is 5.92 Å². The minimum Gasteiger partial charge on any atom is -0.506 e. The summed E-state index contributed by atoms with van der Waals surface area (Å²) in [5.41, 5.74) is 3.37. The highest BCUT2D eigenvalue weighted by Crippen LogP contribution is 2.42. The fourth-order valence-electron chi connectivity index (χ4n) is 8.34. The number of nitrogens with one attached hydrogen (secondary N) is 3. The number of aromatic amines is 1. The summed E-state index contributed by atoms with van der Waals surface area (Å²) < 4.78 is 6.34. The van der Waals surface area contributed by atoms with Crippen molar-refractivity contribution in [2.24, 2.45) is 5.92 Å². The normalized spacial score (nSPS) is 21.4. The van der Waals surface area contributed by atoms with Gasteiger partial charge in [0, 0.05) is 43.8 Å². The number of phenolic OH excluding ortho intramolecular Hbond substituents is 1. The standard InChI is InChI=1S/C41H49N5O6/c47-34-13-11-32(33-12-14-37(49)45-38(33)34)35(48)25-42-24-31-10-9-29(23-44-31)39(50)43-19-5-7-27-6-4-8-30(22-27)41(17-2-1-3-18-41)40(51)52-36-26-46-20-15-28(36)16-21-46/h4,6,8-14,22-23,28,35-36,42,47-48H,1-3,5,7,15-21,24-26H2,(H,43,50)(H,45,49)/t35-,36-/m0/s1. The summed E-state index contributed by atoms with van der Waals surface area (Å²) in [6.07, 6.45) is 9.35. The second-order valence-corrected chi connectivity index (χ2v) is 14.8. The molecule has 0 radical (unpaired) electrons. The highest BCUT2D eigenvalue weighted by molar-refractivity contribution is 5.93. The van der Waals surface area contributed by atoms with Gasteiger partial charge in [-0.2, -0.15) is 0 Å². The van der Waals surface area contributed by atoms with Crippen molar-refractivity contribution < 1.29 is 24.5 Å². The molecule has 3 saturated heterocycles. The van der Waals surface area contributed by atoms with Crippen LogP contribution in [0.5, 0.6) is 5.75 Å². The zero-order valence-electron chi connectivity index (χ0n) is 29.6. The van der Waals surface area contributed by atoms with Crippen molar-refractivity contribution in [3.05, 3.63) is 105 Å². The number of nitrogens with zero attached hydrogens (tertiary/aromatic N) is 2. The molecule has 0 unspecified atom stereocenters. The predicted molar refractivity (Wildman–Crippen MR) is 198 cm³/mol. The van der Waals surface area contributed by atoms with E-state index in [9.17, 15) is 24.6 Å². The average Bonchev–Trinajstić information content (AvgIpc) is 3.18. The van der Waals surface area contributed by atoms with E-state index in [-0.39, 0.29) is 41.4 Å². The first-order valence-electron chi connectivity index (χ1n) is 18.8. The second-order valence-electron chi connectivity index (χ2n) is 14.8. The van der Waals surface area contributed by atoms with Gasteiger partial charge < -0.3 is 30.6 Å². The number of aromatic nitrogens is 2. The van der Waals surface area contributed by atoms with Gasteiger partial charge >= 0.3 is 5.97 Å². The maximum Gasteiger partial charge on any atom is 0.316 e. The number of amides is 1. The molecule has 2 aromatic carbocycles. The molecule has 8 rings (SSSR count). The molecule has 2 bridgehead atoms. The van der Waals surface area contributed by atoms with E-state index in [0.717, 1.165) is 88.5 Å². The monoisotopic (exact) mass is 707 g/mol. The number of fused-ring (bicyclic) bond motifs is 4. The first-order chi connectivity index (χ1) is 25.3. The van der Waals surface area contributed by atoms with E-state index in [1.165, 1.54) is 12.1 Å². The molecule has 1 saturated carbocycles. The maximum atomic E-state index is 13.9. The van der Waals surface area contributed by atoms with Crippen molar-refractivity contribution in [3.8, 4) is 5.75 Å². The summed E-state index contributed by atoms with van der Waals surface area (Å²) >= 11 is 0. The third-order valence-electron chi connectivity index (χ3n) is 11.4. The van der Waals surface area contributed by atoms with Crippen LogP contribution in [0.1, 0.15) is 90.2 Å². The lowest BCUT2D eigenvalue weighted by Crippen LogP contribution is -2.53. The summed E-state index contributed by atoms with van der Waals surface area (Å²) in [5, 5.41) is 27.7. The fourth-order valence-corrected chi connectivity index (χ4v) is 8.34. The van der Waals surface area contributed by atoms with E-state index < -0.39 is 11.5 Å². The molecule has 0 spiro atoms. The Kier molecular flexibility index (Phi) is 11.0. The summed E-state index contributed by atoms with van der Waals surface area (Å²) in [7, 11) is 0. The molecule has 52 heavy (non-hydrogen) atoms. The molecule has 4 aromatic rings. The molecule has 11 heteroatoms. The van der Waals surface area contributed by atoms with Gasteiger partial charge in [-0.05, 0) is 98.5 Å². The lowest BCUT2D eigenvalue weighted by Gasteiger charge is -2.45.